The first-order valence-electron chi connectivity index (χ1n) is 4.48. The Balaban J connectivity index is 0.000000980. The van der Waals surface area contributed by atoms with Gasteiger partial charge in [-0.1, -0.05) is 0 Å². The number of ether oxygens (including phenoxy) is 1. The van der Waals surface area contributed by atoms with Crippen molar-refractivity contribution in [2.45, 2.75) is 18.9 Å². The number of rotatable bonds is 2. The summed E-state index contributed by atoms with van der Waals surface area (Å²) in [7, 11) is 0. The van der Waals surface area contributed by atoms with E-state index in [4.69, 9.17) is 0 Å². The van der Waals surface area contributed by atoms with Crippen LogP contribution in [0.5, 0.6) is 0 Å². The third kappa shape index (κ3) is 2.16. The van der Waals surface area contributed by atoms with E-state index in [1.54, 1.807) is 0 Å². The quantitative estimate of drug-likeness (QED) is 0.719. The molecule has 14 heavy (non-hydrogen) atoms. The van der Waals surface area contributed by atoms with E-state index in [1.807, 2.05) is 0 Å². The summed E-state index contributed by atoms with van der Waals surface area (Å²) in [6.07, 6.45) is 1.64. The lowest BCUT2D eigenvalue weighted by molar-refractivity contribution is -0.126. The van der Waals surface area contributed by atoms with Crippen LogP contribution >= 0.6 is 12.4 Å². The maximum absolute atomic E-state index is 11.1. The van der Waals surface area contributed by atoms with Crippen LogP contribution in [0.15, 0.2) is 0 Å². The predicted octanol–water partition coefficient (Wildman–Crippen LogP) is 0.139. The summed E-state index contributed by atoms with van der Waals surface area (Å²) in [4.78, 5) is 23.3. The molecule has 0 saturated carbocycles. The van der Waals surface area contributed by atoms with Gasteiger partial charge in [0.2, 0.25) is 0 Å². The topological polar surface area (TPSA) is 58.6 Å². The van der Waals surface area contributed by atoms with Crippen molar-refractivity contribution in [3.05, 3.63) is 0 Å². The Morgan fingerprint density at radius 2 is 2.29 bits per heavy atom. The fourth-order valence-corrected chi connectivity index (χ4v) is 1.69. The van der Waals surface area contributed by atoms with Crippen LogP contribution in [-0.4, -0.2) is 42.6 Å². The molecule has 2 aliphatic rings. The zero-order valence-electron chi connectivity index (χ0n) is 7.69. The van der Waals surface area contributed by atoms with Gasteiger partial charge in [-0.25, -0.2) is 9.69 Å². The number of carbonyl (C=O) groups is 2. The average molecular weight is 221 g/mol. The Morgan fingerprint density at radius 1 is 1.50 bits per heavy atom. The monoisotopic (exact) mass is 220 g/mol. The van der Waals surface area contributed by atoms with E-state index >= 15 is 0 Å². The van der Waals surface area contributed by atoms with Gasteiger partial charge in [0.05, 0.1) is 0 Å². The molecule has 0 bridgehead atoms. The van der Waals surface area contributed by atoms with Crippen molar-refractivity contribution in [3.8, 4) is 0 Å². The van der Waals surface area contributed by atoms with Gasteiger partial charge >= 0.3 is 6.09 Å². The molecule has 0 aromatic heterocycles. The summed E-state index contributed by atoms with van der Waals surface area (Å²) < 4.78 is 4.60. The van der Waals surface area contributed by atoms with Crippen LogP contribution in [0.4, 0.5) is 4.79 Å². The lowest BCUT2D eigenvalue weighted by atomic mass is 10.2. The Bertz CT molecular complexity index is 225. The third-order valence-electron chi connectivity index (χ3n) is 2.41. The Labute approximate surface area is 88.2 Å². The molecule has 2 aliphatic heterocycles. The number of carbonyl (C=O) groups excluding carboxylic acids is 2. The van der Waals surface area contributed by atoms with E-state index in [0.29, 0.717) is 6.54 Å². The second kappa shape index (κ2) is 4.61. The summed E-state index contributed by atoms with van der Waals surface area (Å²) in [5, 5.41) is 3.22. The summed E-state index contributed by atoms with van der Waals surface area (Å²) >= 11 is 0. The standard InChI is InChI=1S/C8H12N2O3.ClH/c11-7-5-13-8(12)10(7)4-6-2-1-3-9-6;/h6,9H,1-5H2;1H. The van der Waals surface area contributed by atoms with Gasteiger partial charge < -0.3 is 10.1 Å². The molecule has 80 valence electrons. The van der Waals surface area contributed by atoms with Crippen molar-refractivity contribution in [1.29, 1.82) is 0 Å². The molecule has 2 fully saturated rings. The molecule has 0 aromatic rings. The number of amides is 2. The molecule has 0 aromatic carbocycles. The highest BCUT2D eigenvalue weighted by Gasteiger charge is 2.33. The van der Waals surface area contributed by atoms with E-state index in [-0.39, 0.29) is 31.0 Å². The molecule has 1 atom stereocenters. The van der Waals surface area contributed by atoms with E-state index in [2.05, 4.69) is 10.1 Å². The smallest absolute Gasteiger partial charge is 0.417 e. The normalized spacial score (nSPS) is 26.3. The maximum Gasteiger partial charge on any atom is 0.417 e. The lowest BCUT2D eigenvalue weighted by Crippen LogP contribution is -2.40. The second-order valence-electron chi connectivity index (χ2n) is 3.35. The first kappa shape index (κ1) is 11.3. The van der Waals surface area contributed by atoms with Crippen LogP contribution in [0.25, 0.3) is 0 Å². The number of hydrogen-bond acceptors (Lipinski definition) is 4. The van der Waals surface area contributed by atoms with Crippen molar-refractivity contribution in [2.24, 2.45) is 0 Å². The van der Waals surface area contributed by atoms with Crippen LogP contribution in [0, 0.1) is 0 Å². The fraction of sp³-hybridized carbons (Fsp3) is 0.750. The molecule has 2 rings (SSSR count). The van der Waals surface area contributed by atoms with Crippen LogP contribution in [0.3, 0.4) is 0 Å². The van der Waals surface area contributed by atoms with Crippen LogP contribution in [0.1, 0.15) is 12.8 Å². The van der Waals surface area contributed by atoms with Gasteiger partial charge in [-0.2, -0.15) is 0 Å². The zero-order valence-corrected chi connectivity index (χ0v) is 8.51. The lowest BCUT2D eigenvalue weighted by Gasteiger charge is -2.15. The highest BCUT2D eigenvalue weighted by Crippen LogP contribution is 2.11. The van der Waals surface area contributed by atoms with Crippen LogP contribution in [-0.2, 0) is 9.53 Å². The molecular formula is C8H13ClN2O3. The highest BCUT2D eigenvalue weighted by molar-refractivity contribution is 5.97. The molecule has 2 amide bonds. The highest BCUT2D eigenvalue weighted by atomic mass is 35.5. The molecule has 1 N–H and O–H groups in total. The Morgan fingerprint density at radius 3 is 2.79 bits per heavy atom. The van der Waals surface area contributed by atoms with Crippen molar-refractivity contribution >= 4 is 24.4 Å². The first-order valence-corrected chi connectivity index (χ1v) is 4.48. The SMILES string of the molecule is Cl.O=C1COC(=O)N1CC1CCCN1. The number of nitrogens with zero attached hydrogens (tertiary/aromatic N) is 1. The average Bonchev–Trinajstić information content (AvgIpc) is 2.70. The zero-order chi connectivity index (χ0) is 9.26. The molecule has 0 aliphatic carbocycles. The van der Waals surface area contributed by atoms with Gasteiger partial charge in [-0.05, 0) is 19.4 Å². The number of imide groups is 1. The maximum atomic E-state index is 11.1. The van der Waals surface area contributed by atoms with E-state index in [1.165, 1.54) is 4.90 Å². The van der Waals surface area contributed by atoms with Gasteiger partial charge in [-0.15, -0.1) is 12.4 Å². The molecule has 0 spiro atoms. The fourth-order valence-electron chi connectivity index (χ4n) is 1.69. The molecular weight excluding hydrogens is 208 g/mol. The second-order valence-corrected chi connectivity index (χ2v) is 3.35. The van der Waals surface area contributed by atoms with E-state index in [9.17, 15) is 9.59 Å². The van der Waals surface area contributed by atoms with Crippen molar-refractivity contribution in [3.63, 3.8) is 0 Å². The Hall–Kier alpha value is -0.810. The number of nitrogens with one attached hydrogen (secondary N) is 1. The van der Waals surface area contributed by atoms with E-state index < -0.39 is 6.09 Å². The van der Waals surface area contributed by atoms with E-state index in [0.717, 1.165) is 19.4 Å². The van der Waals surface area contributed by atoms with Crippen molar-refractivity contribution in [1.82, 2.24) is 10.2 Å². The molecule has 2 saturated heterocycles. The van der Waals surface area contributed by atoms with Gasteiger partial charge in [-0.3, -0.25) is 4.79 Å². The summed E-state index contributed by atoms with van der Waals surface area (Å²) in [6, 6.07) is 0.259. The van der Waals surface area contributed by atoms with Crippen LogP contribution < -0.4 is 5.32 Å². The van der Waals surface area contributed by atoms with Gasteiger partial charge in [0, 0.05) is 12.6 Å². The minimum Gasteiger partial charge on any atom is -0.439 e. The largest absolute Gasteiger partial charge is 0.439 e. The molecule has 6 heteroatoms. The molecule has 1 unspecified atom stereocenters. The van der Waals surface area contributed by atoms with Crippen LogP contribution in [0.2, 0.25) is 0 Å². The van der Waals surface area contributed by atoms with Gasteiger partial charge in [0.1, 0.15) is 0 Å². The minimum atomic E-state index is -0.501. The number of hydrogen-bond donors (Lipinski definition) is 1. The minimum absolute atomic E-state index is 0. The predicted molar refractivity (Wildman–Crippen MR) is 51.3 cm³/mol. The van der Waals surface area contributed by atoms with Crippen molar-refractivity contribution < 1.29 is 14.3 Å². The molecule has 0 radical (unpaired) electrons. The van der Waals surface area contributed by atoms with Gasteiger partial charge in [0.25, 0.3) is 5.91 Å². The van der Waals surface area contributed by atoms with Gasteiger partial charge in [0.15, 0.2) is 6.61 Å². The van der Waals surface area contributed by atoms with Crippen molar-refractivity contribution in [2.75, 3.05) is 19.7 Å². The summed E-state index contributed by atoms with van der Waals surface area (Å²) in [5.41, 5.74) is 0. The first-order chi connectivity index (χ1) is 6.27. The Kier molecular flexibility index (Phi) is 3.71. The third-order valence-corrected chi connectivity index (χ3v) is 2.41. The number of halogens is 1. The summed E-state index contributed by atoms with van der Waals surface area (Å²) in [5.74, 6) is -0.223. The molecule has 2 heterocycles. The number of cyclic esters (lactones) is 1. The summed E-state index contributed by atoms with van der Waals surface area (Å²) in [6.45, 7) is 1.34. The molecule has 5 nitrogen and oxygen atoms in total.